The summed E-state index contributed by atoms with van der Waals surface area (Å²) in [5.41, 5.74) is 1.79. The molecule has 0 unspecified atom stereocenters. The number of rotatable bonds is 1. The van der Waals surface area contributed by atoms with Crippen molar-refractivity contribution in [2.45, 2.75) is 6.92 Å². The van der Waals surface area contributed by atoms with Crippen LogP contribution in [0, 0.1) is 17.9 Å². The molecule has 2 aromatic rings. The Morgan fingerprint density at radius 1 is 1.11 bits per heavy atom. The van der Waals surface area contributed by atoms with E-state index in [0.29, 0.717) is 10.3 Å². The Hall–Kier alpha value is -2.49. The second-order valence-corrected chi connectivity index (χ2v) is 4.45. The third kappa shape index (κ3) is 1.64. The van der Waals surface area contributed by atoms with Gasteiger partial charge in [0.1, 0.15) is 11.4 Å². The van der Waals surface area contributed by atoms with E-state index in [1.54, 1.807) is 12.1 Å². The Morgan fingerprint density at radius 3 is 2.58 bits per heavy atom. The monoisotopic (exact) mass is 255 g/mol. The zero-order chi connectivity index (χ0) is 13.6. The standard InChI is InChI=1S/C15H10FNO2/c1-9-4-2-3-5-11(9)14-15(18)12-7-6-10(16)8-13(12)17(14)19/h2-8H,1H3. The molecule has 19 heavy (non-hydrogen) atoms. The van der Waals surface area contributed by atoms with Gasteiger partial charge in [0.2, 0.25) is 5.69 Å². The number of fused-ring (bicyclic) bond motifs is 1. The number of carbonyl (C=O) groups excluding carboxylic acids is 1. The van der Waals surface area contributed by atoms with Gasteiger partial charge in [0.05, 0.1) is 5.56 Å². The topological polar surface area (TPSA) is 43.1 Å². The van der Waals surface area contributed by atoms with E-state index < -0.39 is 5.82 Å². The van der Waals surface area contributed by atoms with Gasteiger partial charge >= 0.3 is 0 Å². The largest absolute Gasteiger partial charge is 0.618 e. The van der Waals surface area contributed by atoms with Crippen LogP contribution >= 0.6 is 0 Å². The summed E-state index contributed by atoms with van der Waals surface area (Å²) < 4.78 is 13.7. The fraction of sp³-hybridized carbons (Fsp3) is 0.0667. The Kier molecular flexibility index (Phi) is 2.45. The molecule has 94 valence electrons. The Balaban J connectivity index is 2.25. The summed E-state index contributed by atoms with van der Waals surface area (Å²) in [5.74, 6) is -0.891. The summed E-state index contributed by atoms with van der Waals surface area (Å²) in [6.45, 7) is 1.83. The van der Waals surface area contributed by atoms with Crippen LogP contribution in [0.5, 0.6) is 0 Å². The average Bonchev–Trinajstić information content (AvgIpc) is 2.63. The van der Waals surface area contributed by atoms with E-state index >= 15 is 0 Å². The maximum atomic E-state index is 13.2. The van der Waals surface area contributed by atoms with Crippen LogP contribution in [-0.4, -0.2) is 16.2 Å². The van der Waals surface area contributed by atoms with E-state index in [4.69, 9.17) is 0 Å². The van der Waals surface area contributed by atoms with E-state index in [-0.39, 0.29) is 22.7 Å². The zero-order valence-electron chi connectivity index (χ0n) is 10.2. The molecule has 4 heteroatoms. The van der Waals surface area contributed by atoms with Crippen LogP contribution < -0.4 is 0 Å². The van der Waals surface area contributed by atoms with Crippen molar-refractivity contribution < 1.29 is 13.9 Å². The fourth-order valence-electron chi connectivity index (χ4n) is 2.28. The van der Waals surface area contributed by atoms with E-state index in [9.17, 15) is 14.4 Å². The predicted molar refractivity (Wildman–Crippen MR) is 69.3 cm³/mol. The Morgan fingerprint density at radius 2 is 1.84 bits per heavy atom. The number of aryl methyl sites for hydroxylation is 1. The van der Waals surface area contributed by atoms with Gasteiger partial charge in [-0.25, -0.2) is 4.39 Å². The molecular formula is C15H10FNO2. The van der Waals surface area contributed by atoms with Crippen molar-refractivity contribution in [2.24, 2.45) is 0 Å². The van der Waals surface area contributed by atoms with E-state index in [1.807, 2.05) is 19.1 Å². The first-order valence-electron chi connectivity index (χ1n) is 5.84. The second-order valence-electron chi connectivity index (χ2n) is 4.45. The number of halogens is 1. The molecule has 0 saturated carbocycles. The molecule has 0 amide bonds. The lowest BCUT2D eigenvalue weighted by Crippen LogP contribution is -2.17. The lowest BCUT2D eigenvalue weighted by atomic mass is 9.99. The van der Waals surface area contributed by atoms with Crippen molar-refractivity contribution in [2.75, 3.05) is 0 Å². The van der Waals surface area contributed by atoms with Crippen LogP contribution in [0.25, 0.3) is 0 Å². The van der Waals surface area contributed by atoms with E-state index in [1.165, 1.54) is 12.1 Å². The summed E-state index contributed by atoms with van der Waals surface area (Å²) in [6.07, 6.45) is 0. The molecule has 3 rings (SSSR count). The number of hydrogen-bond acceptors (Lipinski definition) is 2. The molecule has 0 aromatic heterocycles. The number of hydrogen-bond donors (Lipinski definition) is 0. The van der Waals surface area contributed by atoms with Gasteiger partial charge in [-0.2, -0.15) is 4.74 Å². The highest BCUT2D eigenvalue weighted by molar-refractivity contribution is 6.52. The van der Waals surface area contributed by atoms with Crippen LogP contribution in [0.4, 0.5) is 10.1 Å². The smallest absolute Gasteiger partial charge is 0.273 e. The van der Waals surface area contributed by atoms with Crippen LogP contribution in [0.3, 0.4) is 0 Å². The van der Waals surface area contributed by atoms with Gasteiger partial charge in [0.15, 0.2) is 0 Å². The lowest BCUT2D eigenvalue weighted by molar-refractivity contribution is -0.355. The summed E-state index contributed by atoms with van der Waals surface area (Å²) in [5, 5.41) is 12.2. The SMILES string of the molecule is Cc1ccccc1C1=[N+]([O-])c2cc(F)ccc2C1=O. The summed E-state index contributed by atoms with van der Waals surface area (Å²) in [4.78, 5) is 12.3. The van der Waals surface area contributed by atoms with Crippen molar-refractivity contribution in [3.8, 4) is 0 Å². The lowest BCUT2D eigenvalue weighted by Gasteiger charge is -2.04. The molecule has 0 N–H and O–H groups in total. The van der Waals surface area contributed by atoms with Crippen LogP contribution in [0.2, 0.25) is 0 Å². The molecule has 1 aliphatic heterocycles. The molecule has 0 radical (unpaired) electrons. The third-order valence-corrected chi connectivity index (χ3v) is 3.24. The molecule has 0 spiro atoms. The number of benzene rings is 2. The molecule has 0 aliphatic carbocycles. The fourth-order valence-corrected chi connectivity index (χ4v) is 2.28. The first-order chi connectivity index (χ1) is 9.09. The highest BCUT2D eigenvalue weighted by atomic mass is 19.1. The molecule has 0 fully saturated rings. The maximum absolute atomic E-state index is 13.2. The summed E-state index contributed by atoms with van der Waals surface area (Å²) in [7, 11) is 0. The first-order valence-corrected chi connectivity index (χ1v) is 5.84. The minimum absolute atomic E-state index is 0.0544. The molecule has 3 nitrogen and oxygen atoms in total. The van der Waals surface area contributed by atoms with Gasteiger partial charge in [-0.15, -0.1) is 0 Å². The predicted octanol–water partition coefficient (Wildman–Crippen LogP) is 2.96. The number of Topliss-reactive ketones (excluding diaryl/α,β-unsaturated/α-hetero) is 1. The van der Waals surface area contributed by atoms with Crippen molar-refractivity contribution in [1.29, 1.82) is 0 Å². The van der Waals surface area contributed by atoms with Crippen molar-refractivity contribution in [1.82, 2.24) is 0 Å². The molecular weight excluding hydrogens is 245 g/mol. The van der Waals surface area contributed by atoms with Crippen LogP contribution in [-0.2, 0) is 0 Å². The highest BCUT2D eigenvalue weighted by Crippen LogP contribution is 2.29. The normalized spacial score (nSPS) is 13.9. The zero-order valence-corrected chi connectivity index (χ0v) is 10.2. The number of carbonyl (C=O) groups is 1. The van der Waals surface area contributed by atoms with Gasteiger partial charge in [0.25, 0.3) is 11.5 Å². The quantitative estimate of drug-likeness (QED) is 0.580. The van der Waals surface area contributed by atoms with Crippen LogP contribution in [0.1, 0.15) is 21.5 Å². The summed E-state index contributed by atoms with van der Waals surface area (Å²) >= 11 is 0. The Labute approximate surface area is 109 Å². The molecule has 2 aromatic carbocycles. The van der Waals surface area contributed by atoms with E-state index in [0.717, 1.165) is 11.6 Å². The molecule has 0 atom stereocenters. The van der Waals surface area contributed by atoms with Gasteiger partial charge in [-0.1, -0.05) is 18.2 Å². The number of ketones is 1. The number of nitrogens with zero attached hydrogens (tertiary/aromatic N) is 1. The van der Waals surface area contributed by atoms with Gasteiger partial charge in [-0.05, 0) is 30.7 Å². The van der Waals surface area contributed by atoms with Gasteiger partial charge in [0, 0.05) is 6.07 Å². The van der Waals surface area contributed by atoms with Crippen molar-refractivity contribution in [3.63, 3.8) is 0 Å². The molecule has 1 heterocycles. The third-order valence-electron chi connectivity index (χ3n) is 3.24. The minimum atomic E-state index is -0.529. The second kappa shape index (κ2) is 4.02. The van der Waals surface area contributed by atoms with E-state index in [2.05, 4.69) is 0 Å². The Bertz CT molecular complexity index is 735. The summed E-state index contributed by atoms with van der Waals surface area (Å²) in [6, 6.07) is 10.8. The molecule has 0 bridgehead atoms. The van der Waals surface area contributed by atoms with Crippen molar-refractivity contribution in [3.05, 3.63) is 70.2 Å². The highest BCUT2D eigenvalue weighted by Gasteiger charge is 2.37. The minimum Gasteiger partial charge on any atom is -0.618 e. The van der Waals surface area contributed by atoms with Gasteiger partial charge < -0.3 is 5.21 Å². The van der Waals surface area contributed by atoms with Crippen molar-refractivity contribution >= 4 is 17.2 Å². The maximum Gasteiger partial charge on any atom is 0.273 e. The average molecular weight is 255 g/mol. The first kappa shape index (κ1) is 11.6. The van der Waals surface area contributed by atoms with Crippen LogP contribution in [0.15, 0.2) is 42.5 Å². The molecule has 1 aliphatic rings. The molecule has 0 saturated heterocycles. The van der Waals surface area contributed by atoms with Gasteiger partial charge in [-0.3, -0.25) is 4.79 Å².